The quantitative estimate of drug-likeness (QED) is 0.294. The fourth-order valence-electron chi connectivity index (χ4n) is 2.88. The van der Waals surface area contributed by atoms with Gasteiger partial charge in [-0.25, -0.2) is 0 Å². The number of benzene rings is 2. The second kappa shape index (κ2) is 10.5. The lowest BCUT2D eigenvalue weighted by molar-refractivity contribution is 0.0934. The first-order valence-electron chi connectivity index (χ1n) is 9.28. The zero-order valence-corrected chi connectivity index (χ0v) is 19.6. The SMILES string of the molecule is CCc1cccc(CC)c1NC(=S)NC(NC(=O)c1cccc(C)c1)C(Cl)(Cl)Cl. The predicted octanol–water partition coefficient (Wildman–Crippen LogP) is 5.53. The number of alkyl halides is 3. The number of para-hydroxylation sites is 1. The van der Waals surface area contributed by atoms with Gasteiger partial charge in [-0.15, -0.1) is 0 Å². The van der Waals surface area contributed by atoms with Crippen LogP contribution in [0.1, 0.15) is 40.9 Å². The van der Waals surface area contributed by atoms with Gasteiger partial charge in [0.25, 0.3) is 5.91 Å². The van der Waals surface area contributed by atoms with Crippen molar-refractivity contribution in [1.29, 1.82) is 0 Å². The van der Waals surface area contributed by atoms with Crippen LogP contribution in [-0.2, 0) is 12.8 Å². The van der Waals surface area contributed by atoms with Crippen LogP contribution >= 0.6 is 47.0 Å². The Bertz CT molecular complexity index is 861. The van der Waals surface area contributed by atoms with Gasteiger partial charge in [0.05, 0.1) is 0 Å². The Balaban J connectivity index is 2.17. The van der Waals surface area contributed by atoms with Crippen molar-refractivity contribution >= 4 is 63.7 Å². The zero-order valence-electron chi connectivity index (χ0n) is 16.5. The van der Waals surface area contributed by atoms with Crippen molar-refractivity contribution in [3.05, 3.63) is 64.7 Å². The molecule has 4 nitrogen and oxygen atoms in total. The van der Waals surface area contributed by atoms with Crippen LogP contribution in [0, 0.1) is 6.92 Å². The van der Waals surface area contributed by atoms with E-state index in [1.165, 1.54) is 0 Å². The normalized spacial score (nSPS) is 12.2. The lowest BCUT2D eigenvalue weighted by Crippen LogP contribution is -2.56. The summed E-state index contributed by atoms with van der Waals surface area (Å²) in [5.41, 5.74) is 4.61. The topological polar surface area (TPSA) is 53.2 Å². The molecule has 0 radical (unpaired) electrons. The number of nitrogens with one attached hydrogen (secondary N) is 3. The minimum absolute atomic E-state index is 0.251. The number of anilines is 1. The number of rotatable bonds is 6. The van der Waals surface area contributed by atoms with Gasteiger partial charge in [-0.2, -0.15) is 0 Å². The summed E-state index contributed by atoms with van der Waals surface area (Å²) in [6.07, 6.45) is 0.660. The van der Waals surface area contributed by atoms with Crippen LogP contribution in [0.2, 0.25) is 0 Å². The van der Waals surface area contributed by atoms with Crippen molar-refractivity contribution in [1.82, 2.24) is 10.6 Å². The molecule has 1 atom stereocenters. The van der Waals surface area contributed by atoms with Crippen molar-refractivity contribution in [3.8, 4) is 0 Å². The van der Waals surface area contributed by atoms with Gasteiger partial charge in [-0.1, -0.05) is 84.5 Å². The van der Waals surface area contributed by atoms with E-state index in [1.807, 2.05) is 31.2 Å². The molecule has 0 aromatic heterocycles. The highest BCUT2D eigenvalue weighted by atomic mass is 35.6. The van der Waals surface area contributed by atoms with E-state index in [2.05, 4.69) is 29.8 Å². The smallest absolute Gasteiger partial charge is 0.252 e. The van der Waals surface area contributed by atoms with Crippen molar-refractivity contribution in [2.75, 3.05) is 5.32 Å². The fourth-order valence-corrected chi connectivity index (χ4v) is 3.43. The van der Waals surface area contributed by atoms with Crippen molar-refractivity contribution in [3.63, 3.8) is 0 Å². The third-order valence-electron chi connectivity index (χ3n) is 4.40. The monoisotopic (exact) mass is 471 g/mol. The van der Waals surface area contributed by atoms with E-state index in [1.54, 1.807) is 18.2 Å². The molecule has 1 unspecified atom stereocenters. The maximum atomic E-state index is 12.6. The minimum Gasteiger partial charge on any atom is -0.339 e. The first kappa shape index (κ1) is 23.7. The minimum atomic E-state index is -1.82. The molecule has 2 rings (SSSR count). The summed E-state index contributed by atoms with van der Waals surface area (Å²) in [5.74, 6) is -0.372. The van der Waals surface area contributed by atoms with E-state index in [4.69, 9.17) is 47.0 Å². The fraction of sp³-hybridized carbons (Fsp3) is 0.333. The summed E-state index contributed by atoms with van der Waals surface area (Å²) in [4.78, 5) is 12.6. The third kappa shape index (κ3) is 6.75. The molecule has 1 amide bonds. The molecule has 0 saturated heterocycles. The highest BCUT2D eigenvalue weighted by Gasteiger charge is 2.35. The first-order chi connectivity index (χ1) is 13.7. The maximum absolute atomic E-state index is 12.6. The highest BCUT2D eigenvalue weighted by Crippen LogP contribution is 2.30. The Morgan fingerprint density at radius 2 is 1.62 bits per heavy atom. The number of thiocarbonyl (C=S) groups is 1. The second-order valence-corrected chi connectivity index (χ2v) is 9.35. The molecular weight excluding hydrogens is 449 g/mol. The van der Waals surface area contributed by atoms with E-state index >= 15 is 0 Å². The van der Waals surface area contributed by atoms with Gasteiger partial charge in [0.1, 0.15) is 6.17 Å². The molecule has 0 spiro atoms. The molecule has 3 N–H and O–H groups in total. The van der Waals surface area contributed by atoms with Crippen LogP contribution in [0.15, 0.2) is 42.5 Å². The standard InChI is InChI=1S/C21H24Cl3N3OS/c1-4-14-9-7-10-15(5-2)17(14)25-20(29)27-19(21(22,23)24)26-18(28)16-11-6-8-13(3)12-16/h6-12,19H,4-5H2,1-3H3,(H,26,28)(H2,25,27,29). The largest absolute Gasteiger partial charge is 0.339 e. The molecule has 8 heteroatoms. The van der Waals surface area contributed by atoms with Crippen LogP contribution < -0.4 is 16.0 Å². The number of amides is 1. The molecule has 0 heterocycles. The summed E-state index contributed by atoms with van der Waals surface area (Å²) in [5, 5.41) is 9.07. The highest BCUT2D eigenvalue weighted by molar-refractivity contribution is 7.80. The number of carbonyl (C=O) groups is 1. The van der Waals surface area contributed by atoms with Crippen molar-refractivity contribution in [2.45, 2.75) is 43.6 Å². The Labute approximate surface area is 192 Å². The number of hydrogen-bond acceptors (Lipinski definition) is 2. The average molecular weight is 473 g/mol. The second-order valence-electron chi connectivity index (χ2n) is 6.57. The van der Waals surface area contributed by atoms with Gasteiger partial charge < -0.3 is 16.0 Å². The van der Waals surface area contributed by atoms with E-state index in [-0.39, 0.29) is 11.0 Å². The van der Waals surface area contributed by atoms with Crippen LogP contribution in [0.4, 0.5) is 5.69 Å². The van der Waals surface area contributed by atoms with Crippen LogP contribution in [0.3, 0.4) is 0 Å². The summed E-state index contributed by atoms with van der Waals surface area (Å²) in [6, 6.07) is 13.2. The van der Waals surface area contributed by atoms with Gasteiger partial charge in [0.15, 0.2) is 5.11 Å². The van der Waals surface area contributed by atoms with Crippen LogP contribution in [0.5, 0.6) is 0 Å². The zero-order chi connectivity index (χ0) is 21.6. The number of halogens is 3. The first-order valence-corrected chi connectivity index (χ1v) is 10.8. The molecule has 2 aromatic carbocycles. The number of aryl methyl sites for hydroxylation is 3. The van der Waals surface area contributed by atoms with Gasteiger partial charge in [0.2, 0.25) is 3.79 Å². The summed E-state index contributed by atoms with van der Waals surface area (Å²) < 4.78 is -1.82. The molecule has 0 bridgehead atoms. The molecule has 0 saturated carbocycles. The summed E-state index contributed by atoms with van der Waals surface area (Å²) >= 11 is 23.7. The van der Waals surface area contributed by atoms with E-state index in [0.717, 1.165) is 35.2 Å². The van der Waals surface area contributed by atoms with Crippen molar-refractivity contribution in [2.24, 2.45) is 0 Å². The van der Waals surface area contributed by atoms with Gasteiger partial charge >= 0.3 is 0 Å². The molecule has 29 heavy (non-hydrogen) atoms. The Kier molecular flexibility index (Phi) is 8.58. The van der Waals surface area contributed by atoms with Gasteiger partial charge in [-0.3, -0.25) is 4.79 Å². The Hall–Kier alpha value is -1.53. The Morgan fingerprint density at radius 1 is 1.03 bits per heavy atom. The number of carbonyl (C=O) groups excluding carboxylic acids is 1. The van der Waals surface area contributed by atoms with E-state index in [9.17, 15) is 4.79 Å². The molecular formula is C21H24Cl3N3OS. The average Bonchev–Trinajstić information content (AvgIpc) is 2.66. The Morgan fingerprint density at radius 3 is 2.14 bits per heavy atom. The molecule has 0 fully saturated rings. The number of hydrogen-bond donors (Lipinski definition) is 3. The molecule has 156 valence electrons. The summed E-state index contributed by atoms with van der Waals surface area (Å²) in [7, 11) is 0. The van der Waals surface area contributed by atoms with Crippen molar-refractivity contribution < 1.29 is 4.79 Å². The lowest BCUT2D eigenvalue weighted by Gasteiger charge is -2.28. The molecule has 0 aliphatic carbocycles. The van der Waals surface area contributed by atoms with Crippen LogP contribution in [0.25, 0.3) is 0 Å². The van der Waals surface area contributed by atoms with E-state index < -0.39 is 9.96 Å². The van der Waals surface area contributed by atoms with Crippen LogP contribution in [-0.4, -0.2) is 21.0 Å². The molecule has 0 aliphatic heterocycles. The molecule has 0 aliphatic rings. The van der Waals surface area contributed by atoms with Gasteiger partial charge in [-0.05, 0) is 55.2 Å². The maximum Gasteiger partial charge on any atom is 0.252 e. The lowest BCUT2D eigenvalue weighted by atomic mass is 10.0. The third-order valence-corrected chi connectivity index (χ3v) is 5.27. The van der Waals surface area contributed by atoms with Gasteiger partial charge in [0, 0.05) is 11.3 Å². The van der Waals surface area contributed by atoms with E-state index in [0.29, 0.717) is 5.56 Å². The summed E-state index contributed by atoms with van der Waals surface area (Å²) in [6.45, 7) is 6.04. The molecule has 2 aromatic rings. The predicted molar refractivity (Wildman–Crippen MR) is 127 cm³/mol.